The SMILES string of the molecule is Cc1cc2ccn3c4ccccc4nc3c2cc1-c1cccc[n+]1C. The van der Waals surface area contributed by atoms with Gasteiger partial charge < -0.3 is 0 Å². The molecule has 3 heterocycles. The molecule has 0 aliphatic heterocycles. The summed E-state index contributed by atoms with van der Waals surface area (Å²) in [6.45, 7) is 2.17. The number of para-hydroxylation sites is 2. The maximum absolute atomic E-state index is 4.89. The summed E-state index contributed by atoms with van der Waals surface area (Å²) < 4.78 is 4.35. The van der Waals surface area contributed by atoms with Crippen molar-refractivity contribution in [3.05, 3.63) is 78.6 Å². The van der Waals surface area contributed by atoms with E-state index < -0.39 is 0 Å². The second kappa shape index (κ2) is 5.15. The van der Waals surface area contributed by atoms with E-state index >= 15 is 0 Å². The summed E-state index contributed by atoms with van der Waals surface area (Å²) in [5, 5.41) is 2.41. The van der Waals surface area contributed by atoms with Gasteiger partial charge in [0, 0.05) is 29.3 Å². The number of hydrogen-bond donors (Lipinski definition) is 0. The summed E-state index contributed by atoms with van der Waals surface area (Å²) >= 11 is 0. The minimum Gasteiger partial charge on any atom is -0.299 e. The van der Waals surface area contributed by atoms with Crippen molar-refractivity contribution < 1.29 is 4.57 Å². The zero-order valence-corrected chi connectivity index (χ0v) is 14.3. The maximum Gasteiger partial charge on any atom is 0.212 e. The maximum atomic E-state index is 4.89. The van der Waals surface area contributed by atoms with Gasteiger partial charge in [-0.15, -0.1) is 0 Å². The highest BCUT2D eigenvalue weighted by Gasteiger charge is 2.15. The molecule has 0 atom stereocenters. The normalized spacial score (nSPS) is 11.6. The number of benzene rings is 2. The van der Waals surface area contributed by atoms with Crippen LogP contribution in [-0.2, 0) is 7.05 Å². The number of aryl methyl sites for hydroxylation is 2. The lowest BCUT2D eigenvalue weighted by Gasteiger charge is -2.08. The van der Waals surface area contributed by atoms with Crippen LogP contribution in [0, 0.1) is 6.92 Å². The van der Waals surface area contributed by atoms with E-state index in [2.05, 4.69) is 89.9 Å². The lowest BCUT2D eigenvalue weighted by atomic mass is 10.00. The second-order valence-corrected chi connectivity index (χ2v) is 6.56. The average Bonchev–Trinajstić information content (AvgIpc) is 3.01. The van der Waals surface area contributed by atoms with Gasteiger partial charge >= 0.3 is 0 Å². The highest BCUT2D eigenvalue weighted by Crippen LogP contribution is 2.30. The summed E-state index contributed by atoms with van der Waals surface area (Å²) in [5.74, 6) is 0. The van der Waals surface area contributed by atoms with Crippen LogP contribution in [-0.4, -0.2) is 9.38 Å². The first-order chi connectivity index (χ1) is 12.2. The molecule has 0 aliphatic rings. The molecule has 0 radical (unpaired) electrons. The fourth-order valence-electron chi connectivity index (χ4n) is 3.68. The van der Waals surface area contributed by atoms with Crippen LogP contribution in [0.15, 0.2) is 73.1 Å². The molecule has 0 aliphatic carbocycles. The third-order valence-corrected chi connectivity index (χ3v) is 4.97. The highest BCUT2D eigenvalue weighted by molar-refractivity contribution is 6.00. The van der Waals surface area contributed by atoms with E-state index in [4.69, 9.17) is 4.98 Å². The van der Waals surface area contributed by atoms with Gasteiger partial charge in [0.2, 0.25) is 5.69 Å². The zero-order valence-electron chi connectivity index (χ0n) is 14.3. The van der Waals surface area contributed by atoms with E-state index in [1.807, 2.05) is 6.07 Å². The second-order valence-electron chi connectivity index (χ2n) is 6.56. The lowest BCUT2D eigenvalue weighted by Crippen LogP contribution is -2.30. The number of hydrogen-bond acceptors (Lipinski definition) is 1. The fraction of sp³-hybridized carbons (Fsp3) is 0.0909. The molecule has 0 unspecified atom stereocenters. The highest BCUT2D eigenvalue weighted by atomic mass is 15.0. The van der Waals surface area contributed by atoms with Crippen molar-refractivity contribution in [2.24, 2.45) is 7.05 Å². The Kier molecular flexibility index (Phi) is 2.92. The van der Waals surface area contributed by atoms with Crippen LogP contribution in [0.25, 0.3) is 38.7 Å². The monoisotopic (exact) mass is 324 g/mol. The van der Waals surface area contributed by atoms with Gasteiger partial charge in [0.05, 0.1) is 11.0 Å². The third kappa shape index (κ3) is 2.06. The van der Waals surface area contributed by atoms with Crippen molar-refractivity contribution in [2.75, 3.05) is 0 Å². The molecule has 3 nitrogen and oxygen atoms in total. The molecule has 0 spiro atoms. The van der Waals surface area contributed by atoms with E-state index in [9.17, 15) is 0 Å². The molecule has 120 valence electrons. The van der Waals surface area contributed by atoms with E-state index in [0.717, 1.165) is 16.7 Å². The first-order valence-electron chi connectivity index (χ1n) is 8.47. The number of aromatic nitrogens is 3. The van der Waals surface area contributed by atoms with Crippen molar-refractivity contribution in [1.82, 2.24) is 9.38 Å². The molecule has 0 saturated heterocycles. The minimum atomic E-state index is 1.01. The summed E-state index contributed by atoms with van der Waals surface area (Å²) in [4.78, 5) is 4.89. The molecular weight excluding hydrogens is 306 g/mol. The van der Waals surface area contributed by atoms with Crippen LogP contribution >= 0.6 is 0 Å². The Labute approximate surface area is 145 Å². The molecule has 5 rings (SSSR count). The molecule has 0 saturated carbocycles. The molecule has 0 fully saturated rings. The molecule has 5 aromatic rings. The van der Waals surface area contributed by atoms with Crippen LogP contribution in [0.1, 0.15) is 5.56 Å². The predicted molar refractivity (Wildman–Crippen MR) is 102 cm³/mol. The lowest BCUT2D eigenvalue weighted by molar-refractivity contribution is -0.660. The van der Waals surface area contributed by atoms with Crippen LogP contribution in [0.4, 0.5) is 0 Å². The number of pyridine rings is 2. The van der Waals surface area contributed by atoms with Gasteiger partial charge in [-0.2, -0.15) is 0 Å². The van der Waals surface area contributed by atoms with Gasteiger partial charge in [-0.05, 0) is 48.2 Å². The molecule has 0 bridgehead atoms. The number of rotatable bonds is 1. The Hall–Kier alpha value is -3.20. The summed E-state index contributed by atoms with van der Waals surface area (Å²) in [7, 11) is 2.09. The van der Waals surface area contributed by atoms with Crippen LogP contribution in [0.3, 0.4) is 0 Å². The molecule has 3 aromatic heterocycles. The van der Waals surface area contributed by atoms with Crippen LogP contribution in [0.2, 0.25) is 0 Å². The number of nitrogens with zero attached hydrogens (tertiary/aromatic N) is 3. The van der Waals surface area contributed by atoms with Crippen molar-refractivity contribution in [3.63, 3.8) is 0 Å². The van der Waals surface area contributed by atoms with Gasteiger partial charge in [0.15, 0.2) is 6.20 Å². The Bertz CT molecular complexity index is 1260. The first-order valence-corrected chi connectivity index (χ1v) is 8.47. The Morgan fingerprint density at radius 3 is 2.68 bits per heavy atom. The largest absolute Gasteiger partial charge is 0.299 e. The van der Waals surface area contributed by atoms with E-state index in [0.29, 0.717) is 0 Å². The van der Waals surface area contributed by atoms with Gasteiger partial charge in [0.1, 0.15) is 12.7 Å². The summed E-state index contributed by atoms with van der Waals surface area (Å²) in [6.07, 6.45) is 4.21. The summed E-state index contributed by atoms with van der Waals surface area (Å²) in [5.41, 5.74) is 6.92. The van der Waals surface area contributed by atoms with Gasteiger partial charge in [0.25, 0.3) is 0 Å². The van der Waals surface area contributed by atoms with Crippen molar-refractivity contribution in [2.45, 2.75) is 6.92 Å². The fourth-order valence-corrected chi connectivity index (χ4v) is 3.68. The molecule has 0 amide bonds. The smallest absolute Gasteiger partial charge is 0.212 e. The Morgan fingerprint density at radius 1 is 0.960 bits per heavy atom. The average molecular weight is 324 g/mol. The quantitative estimate of drug-likeness (QED) is 0.418. The molecule has 25 heavy (non-hydrogen) atoms. The van der Waals surface area contributed by atoms with Crippen LogP contribution in [0.5, 0.6) is 0 Å². The molecule has 0 N–H and O–H groups in total. The van der Waals surface area contributed by atoms with Gasteiger partial charge in [-0.1, -0.05) is 18.2 Å². The zero-order chi connectivity index (χ0) is 17.0. The van der Waals surface area contributed by atoms with Crippen molar-refractivity contribution in [1.29, 1.82) is 0 Å². The van der Waals surface area contributed by atoms with Crippen LogP contribution < -0.4 is 4.57 Å². The van der Waals surface area contributed by atoms with Crippen molar-refractivity contribution in [3.8, 4) is 11.3 Å². The predicted octanol–water partition coefficient (Wildman–Crippen LogP) is 4.44. The minimum absolute atomic E-state index is 1.01. The van der Waals surface area contributed by atoms with Gasteiger partial charge in [-0.3, -0.25) is 4.40 Å². The third-order valence-electron chi connectivity index (χ3n) is 4.97. The van der Waals surface area contributed by atoms with E-state index in [1.165, 1.54) is 27.6 Å². The molecular formula is C22H18N3+. The van der Waals surface area contributed by atoms with E-state index in [1.54, 1.807) is 0 Å². The van der Waals surface area contributed by atoms with Gasteiger partial charge in [-0.25, -0.2) is 9.55 Å². The standard InChI is InChI=1S/C22H18N3/c1-15-13-16-10-12-25-21-9-4-3-7-19(21)23-22(25)18(16)14-17(15)20-8-5-6-11-24(20)2/h3-14H,1-2H3/q+1. The van der Waals surface area contributed by atoms with E-state index in [-0.39, 0.29) is 0 Å². The first kappa shape index (κ1) is 14.2. The summed E-state index contributed by atoms with van der Waals surface area (Å²) in [6, 6.07) is 21.3. The topological polar surface area (TPSA) is 21.2 Å². The number of imidazole rings is 1. The number of fused-ring (bicyclic) bond motifs is 5. The molecule has 2 aromatic carbocycles. The molecule has 3 heteroatoms. The Balaban J connectivity index is 1.91. The van der Waals surface area contributed by atoms with Crippen molar-refractivity contribution >= 4 is 27.5 Å². The Morgan fingerprint density at radius 2 is 1.80 bits per heavy atom.